The van der Waals surface area contributed by atoms with Crippen molar-refractivity contribution in [1.82, 2.24) is 4.90 Å². The third-order valence-electron chi connectivity index (χ3n) is 3.89. The summed E-state index contributed by atoms with van der Waals surface area (Å²) in [5.74, 6) is -0.386. The van der Waals surface area contributed by atoms with Crippen LogP contribution in [0.5, 0.6) is 0 Å². The number of nitrogens with zero attached hydrogens (tertiary/aromatic N) is 1. The molecule has 0 bridgehead atoms. The molecule has 8 heteroatoms. The molecule has 1 unspecified atom stereocenters. The number of anilines is 2. The molecular weight excluding hydrogens is 353 g/mol. The largest absolute Gasteiger partial charge is 0.459 e. The number of hydrogen-bond acceptors (Lipinski definition) is 4. The van der Waals surface area contributed by atoms with Gasteiger partial charge in [0.25, 0.3) is 5.91 Å². The lowest BCUT2D eigenvalue weighted by Crippen LogP contribution is -2.43. The summed E-state index contributed by atoms with van der Waals surface area (Å²) in [7, 11) is 0. The molecule has 3 N–H and O–H groups in total. The Kier molecular flexibility index (Phi) is 4.69. The SMILES string of the molecule is Nc1c(Cl)cc(NC(=O)C2CCCN2C(=O)c2ccco2)cc1Cl. The Hall–Kier alpha value is -2.18. The number of rotatable bonds is 3. The molecular formula is C16H15Cl2N3O3. The van der Waals surface area contributed by atoms with Crippen LogP contribution in [-0.4, -0.2) is 29.3 Å². The van der Waals surface area contributed by atoms with Crippen LogP contribution in [0.15, 0.2) is 34.9 Å². The molecule has 1 aromatic carbocycles. The van der Waals surface area contributed by atoms with Gasteiger partial charge in [0.2, 0.25) is 5.91 Å². The summed E-state index contributed by atoms with van der Waals surface area (Å²) in [5, 5.41) is 3.25. The van der Waals surface area contributed by atoms with Gasteiger partial charge in [0, 0.05) is 12.2 Å². The second-order valence-electron chi connectivity index (χ2n) is 5.48. The first-order valence-corrected chi connectivity index (χ1v) is 8.13. The van der Waals surface area contributed by atoms with Crippen molar-refractivity contribution in [3.8, 4) is 0 Å². The topological polar surface area (TPSA) is 88.6 Å². The Morgan fingerprint density at radius 3 is 2.62 bits per heavy atom. The molecule has 2 aromatic rings. The lowest BCUT2D eigenvalue weighted by molar-refractivity contribution is -0.119. The van der Waals surface area contributed by atoms with Gasteiger partial charge in [0.1, 0.15) is 6.04 Å². The number of amides is 2. The van der Waals surface area contributed by atoms with Crippen LogP contribution in [-0.2, 0) is 4.79 Å². The number of hydrogen-bond donors (Lipinski definition) is 2. The highest BCUT2D eigenvalue weighted by atomic mass is 35.5. The Morgan fingerprint density at radius 1 is 1.29 bits per heavy atom. The maximum atomic E-state index is 12.6. The van der Waals surface area contributed by atoms with E-state index in [2.05, 4.69) is 5.32 Å². The molecule has 126 valence electrons. The smallest absolute Gasteiger partial charge is 0.290 e. The third-order valence-corrected chi connectivity index (χ3v) is 4.52. The van der Waals surface area contributed by atoms with E-state index in [1.54, 1.807) is 12.1 Å². The predicted molar refractivity (Wildman–Crippen MR) is 92.3 cm³/mol. The van der Waals surface area contributed by atoms with Crippen LogP contribution >= 0.6 is 23.2 Å². The molecule has 0 radical (unpaired) electrons. The Balaban J connectivity index is 1.75. The lowest BCUT2D eigenvalue weighted by atomic mass is 10.2. The van der Waals surface area contributed by atoms with E-state index in [-0.39, 0.29) is 33.3 Å². The van der Waals surface area contributed by atoms with E-state index in [0.717, 1.165) is 6.42 Å². The summed E-state index contributed by atoms with van der Waals surface area (Å²) in [6, 6.07) is 5.69. The van der Waals surface area contributed by atoms with E-state index in [1.165, 1.54) is 23.3 Å². The molecule has 6 nitrogen and oxygen atoms in total. The fraction of sp³-hybridized carbons (Fsp3) is 0.250. The normalized spacial score (nSPS) is 17.1. The molecule has 1 aliphatic heterocycles. The zero-order chi connectivity index (χ0) is 17.3. The van der Waals surface area contributed by atoms with Crippen molar-refractivity contribution in [2.75, 3.05) is 17.6 Å². The average Bonchev–Trinajstić information content (AvgIpc) is 3.22. The number of halogens is 2. The van der Waals surface area contributed by atoms with Gasteiger partial charge in [-0.1, -0.05) is 23.2 Å². The number of benzene rings is 1. The molecule has 0 aliphatic carbocycles. The minimum atomic E-state index is -0.572. The molecule has 0 saturated carbocycles. The van der Waals surface area contributed by atoms with E-state index >= 15 is 0 Å². The summed E-state index contributed by atoms with van der Waals surface area (Å²) < 4.78 is 5.13. The van der Waals surface area contributed by atoms with Crippen LogP contribution in [0.2, 0.25) is 10.0 Å². The maximum Gasteiger partial charge on any atom is 0.290 e. The van der Waals surface area contributed by atoms with Gasteiger partial charge in [-0.2, -0.15) is 0 Å². The summed E-state index contributed by atoms with van der Waals surface area (Å²) in [6.07, 6.45) is 2.75. The lowest BCUT2D eigenvalue weighted by Gasteiger charge is -2.23. The summed E-state index contributed by atoms with van der Waals surface area (Å²) in [5.41, 5.74) is 6.37. The first kappa shape index (κ1) is 16.7. The van der Waals surface area contributed by atoms with E-state index in [1.807, 2.05) is 0 Å². The van der Waals surface area contributed by atoms with Gasteiger partial charge in [0.15, 0.2) is 5.76 Å². The zero-order valence-corrected chi connectivity index (χ0v) is 14.1. The van der Waals surface area contributed by atoms with Crippen LogP contribution < -0.4 is 11.1 Å². The van der Waals surface area contributed by atoms with Crippen molar-refractivity contribution in [3.05, 3.63) is 46.3 Å². The number of nitrogens with one attached hydrogen (secondary N) is 1. The average molecular weight is 368 g/mol. The minimum absolute atomic E-state index is 0.216. The summed E-state index contributed by atoms with van der Waals surface area (Å²) in [6.45, 7) is 0.501. The molecule has 1 saturated heterocycles. The first-order chi connectivity index (χ1) is 11.5. The van der Waals surface area contributed by atoms with Crippen molar-refractivity contribution in [3.63, 3.8) is 0 Å². The molecule has 1 aromatic heterocycles. The van der Waals surface area contributed by atoms with Gasteiger partial charge in [-0.15, -0.1) is 0 Å². The van der Waals surface area contributed by atoms with Crippen LogP contribution in [0.1, 0.15) is 23.4 Å². The first-order valence-electron chi connectivity index (χ1n) is 7.37. The number of furan rings is 1. The molecule has 1 fully saturated rings. The van der Waals surface area contributed by atoms with Crippen LogP contribution in [0.25, 0.3) is 0 Å². The van der Waals surface area contributed by atoms with Crippen molar-refractivity contribution in [2.45, 2.75) is 18.9 Å². The predicted octanol–water partition coefficient (Wildman–Crippen LogP) is 3.41. The highest BCUT2D eigenvalue weighted by molar-refractivity contribution is 6.39. The number of carbonyl (C=O) groups excluding carboxylic acids is 2. The highest BCUT2D eigenvalue weighted by Gasteiger charge is 2.35. The van der Waals surface area contributed by atoms with Gasteiger partial charge < -0.3 is 20.4 Å². The van der Waals surface area contributed by atoms with Gasteiger partial charge >= 0.3 is 0 Å². The summed E-state index contributed by atoms with van der Waals surface area (Å²) in [4.78, 5) is 26.5. The number of nitrogens with two attached hydrogens (primary N) is 1. The Labute approximate surface area is 148 Å². The molecule has 2 amide bonds. The zero-order valence-electron chi connectivity index (χ0n) is 12.6. The maximum absolute atomic E-state index is 12.6. The quantitative estimate of drug-likeness (QED) is 0.813. The molecule has 1 atom stereocenters. The van der Waals surface area contributed by atoms with Crippen molar-refractivity contribution in [1.29, 1.82) is 0 Å². The second kappa shape index (κ2) is 6.75. The van der Waals surface area contributed by atoms with Gasteiger partial charge in [-0.3, -0.25) is 9.59 Å². The summed E-state index contributed by atoms with van der Waals surface area (Å²) >= 11 is 11.9. The van der Waals surface area contributed by atoms with Gasteiger partial charge in [0.05, 0.1) is 22.0 Å². The highest BCUT2D eigenvalue weighted by Crippen LogP contribution is 2.31. The van der Waals surface area contributed by atoms with Crippen LogP contribution in [0.4, 0.5) is 11.4 Å². The number of nitrogen functional groups attached to an aromatic ring is 1. The Bertz CT molecular complexity index is 754. The minimum Gasteiger partial charge on any atom is -0.459 e. The molecule has 2 heterocycles. The molecule has 24 heavy (non-hydrogen) atoms. The molecule has 0 spiro atoms. The fourth-order valence-corrected chi connectivity index (χ4v) is 3.19. The number of carbonyl (C=O) groups is 2. The standard InChI is InChI=1S/C16H15Cl2N3O3/c17-10-7-9(8-11(18)14(10)19)20-15(22)12-3-1-5-21(12)16(23)13-4-2-6-24-13/h2,4,6-8,12H,1,3,5,19H2,(H,20,22). The van der Waals surface area contributed by atoms with Crippen molar-refractivity contribution < 1.29 is 14.0 Å². The second-order valence-corrected chi connectivity index (χ2v) is 6.29. The van der Waals surface area contributed by atoms with E-state index < -0.39 is 6.04 Å². The van der Waals surface area contributed by atoms with Crippen molar-refractivity contribution >= 4 is 46.4 Å². The monoisotopic (exact) mass is 367 g/mol. The van der Waals surface area contributed by atoms with E-state index in [0.29, 0.717) is 18.7 Å². The van der Waals surface area contributed by atoms with E-state index in [9.17, 15) is 9.59 Å². The van der Waals surface area contributed by atoms with Crippen molar-refractivity contribution in [2.24, 2.45) is 0 Å². The van der Waals surface area contributed by atoms with E-state index in [4.69, 9.17) is 33.4 Å². The Morgan fingerprint density at radius 2 is 2.00 bits per heavy atom. The van der Waals surface area contributed by atoms with Gasteiger partial charge in [-0.05, 0) is 37.1 Å². The third kappa shape index (κ3) is 3.20. The molecule has 1 aliphatic rings. The number of likely N-dealkylation sites (tertiary alicyclic amines) is 1. The fourth-order valence-electron chi connectivity index (χ4n) is 2.71. The molecule has 3 rings (SSSR count). The van der Waals surface area contributed by atoms with Crippen LogP contribution in [0.3, 0.4) is 0 Å². The van der Waals surface area contributed by atoms with Crippen LogP contribution in [0, 0.1) is 0 Å². The van der Waals surface area contributed by atoms with Gasteiger partial charge in [-0.25, -0.2) is 0 Å².